The van der Waals surface area contributed by atoms with Crippen LogP contribution in [0.5, 0.6) is 0 Å². The second-order valence-electron chi connectivity index (χ2n) is 5.11. The Balaban J connectivity index is 2.05. The molecule has 1 aliphatic rings. The van der Waals surface area contributed by atoms with Gasteiger partial charge in [0.1, 0.15) is 0 Å². The Morgan fingerprint density at radius 1 is 1.44 bits per heavy atom. The van der Waals surface area contributed by atoms with Crippen LogP contribution >= 0.6 is 11.6 Å². The van der Waals surface area contributed by atoms with Gasteiger partial charge in [0.2, 0.25) is 5.89 Å². The standard InChI is InChI=1S/C11H18ClN3O/c1-11(2)5-3-7-15(8-11)10-14-13-9(16-10)4-6-12/h3-8H2,1-2H3. The lowest BCUT2D eigenvalue weighted by atomic mass is 9.84. The topological polar surface area (TPSA) is 42.2 Å². The number of aromatic nitrogens is 2. The summed E-state index contributed by atoms with van der Waals surface area (Å²) in [7, 11) is 0. The molecule has 5 heteroatoms. The van der Waals surface area contributed by atoms with Crippen LogP contribution in [0.25, 0.3) is 0 Å². The van der Waals surface area contributed by atoms with Crippen LogP contribution in [-0.4, -0.2) is 29.2 Å². The quantitative estimate of drug-likeness (QED) is 0.765. The molecule has 1 saturated heterocycles. The fraction of sp³-hybridized carbons (Fsp3) is 0.818. The lowest BCUT2D eigenvalue weighted by molar-refractivity contribution is 0.282. The predicted octanol–water partition coefficient (Wildman–Crippen LogP) is 2.48. The van der Waals surface area contributed by atoms with Crippen molar-refractivity contribution in [2.45, 2.75) is 33.1 Å². The molecule has 0 saturated carbocycles. The highest BCUT2D eigenvalue weighted by molar-refractivity contribution is 6.17. The number of hydrogen-bond donors (Lipinski definition) is 0. The lowest BCUT2D eigenvalue weighted by Gasteiger charge is -2.36. The van der Waals surface area contributed by atoms with Crippen LogP contribution in [0.2, 0.25) is 0 Å². The van der Waals surface area contributed by atoms with Crippen molar-refractivity contribution in [1.29, 1.82) is 0 Å². The molecule has 1 aromatic heterocycles. The van der Waals surface area contributed by atoms with E-state index in [1.54, 1.807) is 0 Å². The Kier molecular flexibility index (Phi) is 3.38. The molecule has 0 radical (unpaired) electrons. The highest BCUT2D eigenvalue weighted by Crippen LogP contribution is 2.30. The van der Waals surface area contributed by atoms with Crippen LogP contribution in [0, 0.1) is 5.41 Å². The predicted molar refractivity (Wildman–Crippen MR) is 64.0 cm³/mol. The van der Waals surface area contributed by atoms with E-state index in [0.29, 0.717) is 29.6 Å². The summed E-state index contributed by atoms with van der Waals surface area (Å²) in [6.45, 7) is 6.53. The minimum Gasteiger partial charge on any atom is -0.408 e. The maximum absolute atomic E-state index is 5.64. The van der Waals surface area contributed by atoms with E-state index in [0.717, 1.165) is 13.1 Å². The van der Waals surface area contributed by atoms with Gasteiger partial charge in [-0.15, -0.1) is 16.7 Å². The SMILES string of the molecule is CC1(C)CCCN(c2nnc(CCCl)o2)C1. The third-order valence-electron chi connectivity index (χ3n) is 2.94. The van der Waals surface area contributed by atoms with E-state index in [9.17, 15) is 0 Å². The zero-order chi connectivity index (χ0) is 11.6. The summed E-state index contributed by atoms with van der Waals surface area (Å²) < 4.78 is 5.58. The van der Waals surface area contributed by atoms with E-state index in [2.05, 4.69) is 28.9 Å². The monoisotopic (exact) mass is 243 g/mol. The second kappa shape index (κ2) is 4.62. The summed E-state index contributed by atoms with van der Waals surface area (Å²) in [6, 6.07) is 0.646. The Labute approximate surface area is 101 Å². The van der Waals surface area contributed by atoms with Crippen LogP contribution in [0.1, 0.15) is 32.6 Å². The van der Waals surface area contributed by atoms with E-state index in [-0.39, 0.29) is 0 Å². The van der Waals surface area contributed by atoms with Gasteiger partial charge >= 0.3 is 6.01 Å². The van der Waals surface area contributed by atoms with Crippen molar-refractivity contribution in [3.05, 3.63) is 5.89 Å². The molecule has 2 rings (SSSR count). The number of halogens is 1. The molecule has 0 atom stereocenters. The van der Waals surface area contributed by atoms with Gasteiger partial charge in [-0.3, -0.25) is 0 Å². The first-order valence-electron chi connectivity index (χ1n) is 5.74. The molecule has 1 aliphatic heterocycles. The van der Waals surface area contributed by atoms with Crippen LogP contribution < -0.4 is 4.90 Å². The Bertz CT molecular complexity index is 351. The maximum Gasteiger partial charge on any atom is 0.318 e. The fourth-order valence-corrected chi connectivity index (χ4v) is 2.30. The third-order valence-corrected chi connectivity index (χ3v) is 3.12. The van der Waals surface area contributed by atoms with Crippen molar-refractivity contribution in [3.8, 4) is 0 Å². The molecule has 2 heterocycles. The lowest BCUT2D eigenvalue weighted by Crippen LogP contribution is -2.40. The molecular weight excluding hydrogens is 226 g/mol. The molecule has 0 bridgehead atoms. The largest absolute Gasteiger partial charge is 0.408 e. The summed E-state index contributed by atoms with van der Waals surface area (Å²) in [4.78, 5) is 2.17. The summed E-state index contributed by atoms with van der Waals surface area (Å²) in [5, 5.41) is 8.06. The maximum atomic E-state index is 5.64. The molecule has 0 unspecified atom stereocenters. The van der Waals surface area contributed by atoms with Crippen molar-refractivity contribution >= 4 is 17.6 Å². The van der Waals surface area contributed by atoms with E-state index in [1.165, 1.54) is 12.8 Å². The molecule has 4 nitrogen and oxygen atoms in total. The van der Waals surface area contributed by atoms with Crippen LogP contribution in [0.15, 0.2) is 4.42 Å². The van der Waals surface area contributed by atoms with Crippen LogP contribution in [0.3, 0.4) is 0 Å². The summed E-state index contributed by atoms with van der Waals surface area (Å²) in [5.41, 5.74) is 0.333. The number of piperidine rings is 1. The van der Waals surface area contributed by atoms with E-state index >= 15 is 0 Å². The van der Waals surface area contributed by atoms with Gasteiger partial charge in [0.25, 0.3) is 0 Å². The van der Waals surface area contributed by atoms with Gasteiger partial charge in [0.15, 0.2) is 0 Å². The van der Waals surface area contributed by atoms with Crippen molar-refractivity contribution < 1.29 is 4.42 Å². The molecule has 0 aromatic carbocycles. The molecule has 0 amide bonds. The molecule has 90 valence electrons. The van der Waals surface area contributed by atoms with Gasteiger partial charge in [-0.2, -0.15) is 0 Å². The molecule has 1 aromatic rings. The number of alkyl halides is 1. The zero-order valence-electron chi connectivity index (χ0n) is 9.87. The Morgan fingerprint density at radius 2 is 2.25 bits per heavy atom. The molecule has 0 N–H and O–H groups in total. The Hall–Kier alpha value is -0.770. The molecule has 0 aliphatic carbocycles. The Morgan fingerprint density at radius 3 is 2.94 bits per heavy atom. The molecule has 1 fully saturated rings. The zero-order valence-corrected chi connectivity index (χ0v) is 10.6. The first-order valence-corrected chi connectivity index (χ1v) is 6.27. The van der Waals surface area contributed by atoms with E-state index in [4.69, 9.17) is 16.0 Å². The smallest absolute Gasteiger partial charge is 0.318 e. The summed E-state index contributed by atoms with van der Waals surface area (Å²) in [5.74, 6) is 1.15. The van der Waals surface area contributed by atoms with Gasteiger partial charge < -0.3 is 9.32 Å². The third kappa shape index (κ3) is 2.67. The van der Waals surface area contributed by atoms with E-state index < -0.39 is 0 Å². The number of aryl methyl sites for hydroxylation is 1. The summed E-state index contributed by atoms with van der Waals surface area (Å²) in [6.07, 6.45) is 3.08. The first-order chi connectivity index (χ1) is 7.61. The van der Waals surface area contributed by atoms with Crippen molar-refractivity contribution in [3.63, 3.8) is 0 Å². The average Bonchev–Trinajstić information content (AvgIpc) is 2.65. The van der Waals surface area contributed by atoms with Gasteiger partial charge in [0, 0.05) is 25.4 Å². The minimum absolute atomic E-state index is 0.333. The van der Waals surface area contributed by atoms with Crippen molar-refractivity contribution in [2.75, 3.05) is 23.9 Å². The van der Waals surface area contributed by atoms with Crippen LogP contribution in [0.4, 0.5) is 6.01 Å². The average molecular weight is 244 g/mol. The fourth-order valence-electron chi connectivity index (χ4n) is 2.14. The number of nitrogens with zero attached hydrogens (tertiary/aromatic N) is 3. The highest BCUT2D eigenvalue weighted by atomic mass is 35.5. The molecule has 0 spiro atoms. The number of anilines is 1. The highest BCUT2D eigenvalue weighted by Gasteiger charge is 2.28. The first kappa shape index (κ1) is 11.7. The molecule has 16 heavy (non-hydrogen) atoms. The normalized spacial score (nSPS) is 20.1. The van der Waals surface area contributed by atoms with Crippen molar-refractivity contribution in [1.82, 2.24) is 10.2 Å². The minimum atomic E-state index is 0.333. The van der Waals surface area contributed by atoms with E-state index in [1.807, 2.05) is 0 Å². The van der Waals surface area contributed by atoms with Crippen LogP contribution in [-0.2, 0) is 6.42 Å². The number of hydrogen-bond acceptors (Lipinski definition) is 4. The number of rotatable bonds is 3. The van der Waals surface area contributed by atoms with Gasteiger partial charge in [-0.25, -0.2) is 0 Å². The van der Waals surface area contributed by atoms with Gasteiger partial charge in [0.05, 0.1) is 0 Å². The van der Waals surface area contributed by atoms with Crippen molar-refractivity contribution in [2.24, 2.45) is 5.41 Å². The second-order valence-corrected chi connectivity index (χ2v) is 5.48. The summed E-state index contributed by atoms with van der Waals surface area (Å²) >= 11 is 5.64. The van der Waals surface area contributed by atoms with Gasteiger partial charge in [-0.05, 0) is 18.3 Å². The molecular formula is C11H18ClN3O. The van der Waals surface area contributed by atoms with Gasteiger partial charge in [-0.1, -0.05) is 18.9 Å².